The Hall–Kier alpha value is -0.540. The molecule has 0 aromatic heterocycles. The lowest BCUT2D eigenvalue weighted by atomic mass is 9.88. The molecule has 2 rings (SSSR count). The lowest BCUT2D eigenvalue weighted by Gasteiger charge is -2.32. The molecule has 0 amide bonds. The fourth-order valence-corrected chi connectivity index (χ4v) is 4.01. The van der Waals surface area contributed by atoms with Gasteiger partial charge in [-0.1, -0.05) is 6.07 Å². The smallest absolute Gasteiger partial charge is 0.128 e. The van der Waals surface area contributed by atoms with Gasteiger partial charge in [0.1, 0.15) is 5.82 Å². The van der Waals surface area contributed by atoms with Crippen molar-refractivity contribution in [2.45, 2.75) is 44.4 Å². The highest BCUT2D eigenvalue weighted by atomic mass is 32.2. The van der Waals surface area contributed by atoms with E-state index in [2.05, 4.69) is 6.92 Å². The first-order valence-electron chi connectivity index (χ1n) is 6.10. The van der Waals surface area contributed by atoms with Crippen LogP contribution in [0.5, 0.6) is 0 Å². The van der Waals surface area contributed by atoms with Gasteiger partial charge in [-0.3, -0.25) is 0 Å². The molecule has 0 radical (unpaired) electrons. The van der Waals surface area contributed by atoms with Gasteiger partial charge in [-0.2, -0.15) is 11.8 Å². The number of aryl methyl sites for hydroxylation is 2. The Morgan fingerprint density at radius 1 is 1.41 bits per heavy atom. The summed E-state index contributed by atoms with van der Waals surface area (Å²) >= 11 is 1.88. The fraction of sp³-hybridized carbons (Fsp3) is 0.571. The predicted molar refractivity (Wildman–Crippen MR) is 72.9 cm³/mol. The van der Waals surface area contributed by atoms with Crippen LogP contribution in [-0.4, -0.2) is 10.5 Å². The van der Waals surface area contributed by atoms with Gasteiger partial charge in [0.25, 0.3) is 0 Å². The molecule has 1 nitrogen and oxygen atoms in total. The molecule has 94 valence electrons. The van der Waals surface area contributed by atoms with Crippen molar-refractivity contribution in [2.24, 2.45) is 5.73 Å². The number of halogens is 1. The first-order valence-corrected chi connectivity index (χ1v) is 7.09. The summed E-state index contributed by atoms with van der Waals surface area (Å²) in [5.41, 5.74) is 8.96. The van der Waals surface area contributed by atoms with Crippen LogP contribution in [-0.2, 0) is 0 Å². The number of nitrogens with two attached hydrogens (primary N) is 1. The van der Waals surface area contributed by atoms with Crippen molar-refractivity contribution >= 4 is 11.8 Å². The average molecular weight is 253 g/mol. The van der Waals surface area contributed by atoms with E-state index in [1.165, 1.54) is 6.42 Å². The van der Waals surface area contributed by atoms with Gasteiger partial charge in [0.15, 0.2) is 0 Å². The summed E-state index contributed by atoms with van der Waals surface area (Å²) in [4.78, 5) is 0. The molecule has 1 aromatic carbocycles. The normalized spacial score (nSPS) is 26.2. The molecule has 2 N–H and O–H groups in total. The molecular weight excluding hydrogens is 233 g/mol. The number of hydrogen-bond donors (Lipinski definition) is 1. The molecular formula is C14H20FNS. The van der Waals surface area contributed by atoms with E-state index in [0.29, 0.717) is 5.56 Å². The zero-order chi connectivity index (χ0) is 12.6. The Kier molecular flexibility index (Phi) is 3.50. The van der Waals surface area contributed by atoms with E-state index in [1.54, 1.807) is 6.07 Å². The molecule has 0 spiro atoms. The standard InChI is InChI=1S/C14H20FNS/c1-9-7-10(2)12(11(15)8-9)13(16)14(3)5-4-6-17-14/h7-8,13H,4-6,16H2,1-3H3. The maximum atomic E-state index is 14.1. The second-order valence-electron chi connectivity index (χ2n) is 5.22. The van der Waals surface area contributed by atoms with Crippen LogP contribution in [0, 0.1) is 19.7 Å². The van der Waals surface area contributed by atoms with Crippen LogP contribution < -0.4 is 5.73 Å². The lowest BCUT2D eigenvalue weighted by Crippen LogP contribution is -2.34. The van der Waals surface area contributed by atoms with E-state index in [9.17, 15) is 4.39 Å². The number of thioether (sulfide) groups is 1. The third-order valence-electron chi connectivity index (χ3n) is 3.70. The lowest BCUT2D eigenvalue weighted by molar-refractivity contribution is 0.476. The zero-order valence-electron chi connectivity index (χ0n) is 10.7. The highest BCUT2D eigenvalue weighted by molar-refractivity contribution is 8.00. The first kappa shape index (κ1) is 12.9. The minimum Gasteiger partial charge on any atom is -0.323 e. The predicted octanol–water partition coefficient (Wildman–Crippen LogP) is 3.73. The van der Waals surface area contributed by atoms with Crippen molar-refractivity contribution in [3.63, 3.8) is 0 Å². The number of benzene rings is 1. The molecule has 0 aliphatic carbocycles. The van der Waals surface area contributed by atoms with Crippen LogP contribution in [0.25, 0.3) is 0 Å². The largest absolute Gasteiger partial charge is 0.323 e. The summed E-state index contributed by atoms with van der Waals surface area (Å²) in [6.07, 6.45) is 2.26. The Labute approximate surface area is 107 Å². The van der Waals surface area contributed by atoms with Crippen LogP contribution >= 0.6 is 11.8 Å². The summed E-state index contributed by atoms with van der Waals surface area (Å²) in [5, 5.41) is 0. The third kappa shape index (κ3) is 2.36. The van der Waals surface area contributed by atoms with E-state index in [-0.39, 0.29) is 16.6 Å². The molecule has 1 saturated heterocycles. The van der Waals surface area contributed by atoms with E-state index in [0.717, 1.165) is 23.3 Å². The quantitative estimate of drug-likeness (QED) is 0.869. The van der Waals surface area contributed by atoms with E-state index in [4.69, 9.17) is 5.73 Å². The minimum absolute atomic E-state index is 0.0130. The van der Waals surface area contributed by atoms with Gasteiger partial charge >= 0.3 is 0 Å². The Bertz CT molecular complexity index is 401. The molecule has 1 fully saturated rings. The summed E-state index contributed by atoms with van der Waals surface area (Å²) < 4.78 is 14.1. The third-order valence-corrected chi connectivity index (χ3v) is 5.31. The van der Waals surface area contributed by atoms with Crippen molar-refractivity contribution in [1.82, 2.24) is 0 Å². The van der Waals surface area contributed by atoms with Gasteiger partial charge in [-0.05, 0) is 56.6 Å². The van der Waals surface area contributed by atoms with Gasteiger partial charge in [0.2, 0.25) is 0 Å². The summed E-state index contributed by atoms with van der Waals surface area (Å²) in [7, 11) is 0. The van der Waals surface area contributed by atoms with E-state index >= 15 is 0 Å². The highest BCUT2D eigenvalue weighted by Gasteiger charge is 2.38. The van der Waals surface area contributed by atoms with E-state index < -0.39 is 0 Å². The molecule has 1 heterocycles. The van der Waals surface area contributed by atoms with Crippen molar-refractivity contribution in [2.75, 3.05) is 5.75 Å². The first-order chi connectivity index (χ1) is 7.94. The van der Waals surface area contributed by atoms with Crippen LogP contribution in [0.15, 0.2) is 12.1 Å². The molecule has 0 saturated carbocycles. The fourth-order valence-electron chi connectivity index (χ4n) is 2.67. The summed E-state index contributed by atoms with van der Waals surface area (Å²) in [5.74, 6) is 0.986. The number of hydrogen-bond acceptors (Lipinski definition) is 2. The molecule has 3 heteroatoms. The monoisotopic (exact) mass is 253 g/mol. The van der Waals surface area contributed by atoms with Crippen molar-refractivity contribution in [1.29, 1.82) is 0 Å². The van der Waals surface area contributed by atoms with E-state index in [1.807, 2.05) is 31.7 Å². The maximum absolute atomic E-state index is 14.1. The SMILES string of the molecule is Cc1cc(C)c(C(N)C2(C)CCCS2)c(F)c1. The van der Waals surface area contributed by atoms with Crippen LogP contribution in [0.4, 0.5) is 4.39 Å². The van der Waals surface area contributed by atoms with Crippen LogP contribution in [0.2, 0.25) is 0 Å². The van der Waals surface area contributed by atoms with Crippen molar-refractivity contribution in [3.05, 3.63) is 34.6 Å². The highest BCUT2D eigenvalue weighted by Crippen LogP contribution is 2.46. The minimum atomic E-state index is -0.212. The molecule has 2 unspecified atom stereocenters. The Balaban J connectivity index is 2.40. The summed E-state index contributed by atoms with van der Waals surface area (Å²) in [6.45, 7) is 6.03. The van der Waals surface area contributed by atoms with Gasteiger partial charge < -0.3 is 5.73 Å². The molecule has 1 aliphatic heterocycles. The Morgan fingerprint density at radius 2 is 2.12 bits per heavy atom. The molecule has 2 atom stereocenters. The molecule has 17 heavy (non-hydrogen) atoms. The second kappa shape index (κ2) is 4.62. The van der Waals surface area contributed by atoms with Crippen LogP contribution in [0.1, 0.15) is 42.5 Å². The van der Waals surface area contributed by atoms with Gasteiger partial charge in [-0.15, -0.1) is 0 Å². The van der Waals surface area contributed by atoms with Gasteiger partial charge in [0.05, 0.1) is 0 Å². The van der Waals surface area contributed by atoms with Gasteiger partial charge in [0, 0.05) is 16.4 Å². The van der Waals surface area contributed by atoms with Crippen molar-refractivity contribution in [3.8, 4) is 0 Å². The topological polar surface area (TPSA) is 26.0 Å². The molecule has 1 aliphatic rings. The van der Waals surface area contributed by atoms with Crippen LogP contribution in [0.3, 0.4) is 0 Å². The molecule has 1 aromatic rings. The Morgan fingerprint density at radius 3 is 2.65 bits per heavy atom. The van der Waals surface area contributed by atoms with Crippen molar-refractivity contribution < 1.29 is 4.39 Å². The number of rotatable bonds is 2. The van der Waals surface area contributed by atoms with Gasteiger partial charge in [-0.25, -0.2) is 4.39 Å². The summed E-state index contributed by atoms with van der Waals surface area (Å²) in [6, 6.07) is 3.39. The molecule has 0 bridgehead atoms. The maximum Gasteiger partial charge on any atom is 0.128 e. The zero-order valence-corrected chi connectivity index (χ0v) is 11.5. The average Bonchev–Trinajstić information content (AvgIpc) is 2.64. The second-order valence-corrected chi connectivity index (χ2v) is 6.85.